The molecule has 0 saturated heterocycles. The quantitative estimate of drug-likeness (QED) is 0.137. The minimum atomic E-state index is -0.00148. The Balaban J connectivity index is 1.67. The van der Waals surface area contributed by atoms with Gasteiger partial charge < -0.3 is 4.90 Å². The number of rotatable bonds is 6. The summed E-state index contributed by atoms with van der Waals surface area (Å²) < 4.78 is 0. The Morgan fingerprint density at radius 1 is 0.457 bits per heavy atom. The van der Waals surface area contributed by atoms with Gasteiger partial charge in [-0.3, -0.25) is 0 Å². The summed E-state index contributed by atoms with van der Waals surface area (Å²) in [5.41, 5.74) is 11.3. The third-order valence-electron chi connectivity index (χ3n) is 9.20. The van der Waals surface area contributed by atoms with Crippen molar-refractivity contribution in [2.24, 2.45) is 0 Å². The molecular weight excluding hydrogens is 555 g/mol. The van der Waals surface area contributed by atoms with Crippen LogP contribution in [0.4, 0.5) is 17.1 Å². The van der Waals surface area contributed by atoms with E-state index >= 15 is 0 Å². The molecule has 0 spiro atoms. The summed E-state index contributed by atoms with van der Waals surface area (Å²) in [7, 11) is 0. The van der Waals surface area contributed by atoms with Crippen molar-refractivity contribution in [1.82, 2.24) is 0 Å². The zero-order valence-electron chi connectivity index (χ0n) is 27.5. The molecule has 0 aromatic heterocycles. The number of nitrogens with zero attached hydrogens (tertiary/aromatic N) is 1. The Morgan fingerprint density at radius 3 is 1.70 bits per heavy atom. The summed E-state index contributed by atoms with van der Waals surface area (Å²) in [4.78, 5) is 2.46. The molecular formula is C45H41N. The van der Waals surface area contributed by atoms with Gasteiger partial charge in [-0.25, -0.2) is 0 Å². The Labute approximate surface area is 273 Å². The maximum absolute atomic E-state index is 2.48. The minimum absolute atomic E-state index is 0.00148. The fraction of sp³-hybridized carbons (Fsp3) is 0.156. The molecule has 46 heavy (non-hydrogen) atoms. The number of benzene rings is 7. The van der Waals surface area contributed by atoms with E-state index in [1.807, 2.05) is 0 Å². The second kappa shape index (κ2) is 12.0. The Kier molecular flexibility index (Phi) is 7.70. The summed E-state index contributed by atoms with van der Waals surface area (Å²) in [6.07, 6.45) is 0. The molecule has 226 valence electrons. The van der Waals surface area contributed by atoms with E-state index in [1.54, 1.807) is 0 Å². The zero-order chi connectivity index (χ0) is 31.8. The first-order valence-corrected chi connectivity index (χ1v) is 16.3. The molecule has 0 aliphatic rings. The molecule has 0 heterocycles. The predicted molar refractivity (Wildman–Crippen MR) is 198 cm³/mol. The second-order valence-electron chi connectivity index (χ2n) is 13.6. The van der Waals surface area contributed by atoms with Gasteiger partial charge in [0.2, 0.25) is 0 Å². The second-order valence-corrected chi connectivity index (χ2v) is 13.6. The van der Waals surface area contributed by atoms with Crippen molar-refractivity contribution in [2.75, 3.05) is 4.90 Å². The average Bonchev–Trinajstić information content (AvgIpc) is 3.06. The standard InChI is InChI=1S/C45H41N/c1-31-16-14-20-34(28-31)42(33-18-8-6-9-19-33)43-38-24-12-13-25-39(38)44(40-27-26-35(30-41(40)43)45(3,4)5)46(36-21-10-7-11-22-36)37-23-15-17-32(2)29-37/h6-30,42H,1-5H3. The van der Waals surface area contributed by atoms with E-state index < -0.39 is 0 Å². The first-order chi connectivity index (χ1) is 22.3. The molecule has 0 amide bonds. The lowest BCUT2D eigenvalue weighted by atomic mass is 9.77. The van der Waals surface area contributed by atoms with E-state index in [4.69, 9.17) is 0 Å². The molecule has 7 aromatic rings. The lowest BCUT2D eigenvalue weighted by molar-refractivity contribution is 0.591. The fourth-order valence-corrected chi connectivity index (χ4v) is 6.98. The molecule has 7 aromatic carbocycles. The van der Waals surface area contributed by atoms with Crippen LogP contribution in [0.5, 0.6) is 0 Å². The van der Waals surface area contributed by atoms with Crippen LogP contribution in [0, 0.1) is 13.8 Å². The highest BCUT2D eigenvalue weighted by molar-refractivity contribution is 6.17. The number of fused-ring (bicyclic) bond motifs is 2. The highest BCUT2D eigenvalue weighted by Gasteiger charge is 2.28. The van der Waals surface area contributed by atoms with Gasteiger partial charge in [-0.1, -0.05) is 154 Å². The van der Waals surface area contributed by atoms with Crippen LogP contribution < -0.4 is 4.90 Å². The van der Waals surface area contributed by atoms with Crippen molar-refractivity contribution in [2.45, 2.75) is 46.0 Å². The van der Waals surface area contributed by atoms with Crippen molar-refractivity contribution in [3.05, 3.63) is 185 Å². The van der Waals surface area contributed by atoms with Crippen molar-refractivity contribution in [3.8, 4) is 0 Å². The van der Waals surface area contributed by atoms with E-state index in [9.17, 15) is 0 Å². The van der Waals surface area contributed by atoms with Crippen LogP contribution in [0.15, 0.2) is 152 Å². The summed E-state index contributed by atoms with van der Waals surface area (Å²) in [5, 5.41) is 5.07. The molecule has 0 N–H and O–H groups in total. The Hall–Kier alpha value is -5.14. The number of para-hydroxylation sites is 1. The van der Waals surface area contributed by atoms with Crippen LogP contribution in [0.25, 0.3) is 21.5 Å². The molecule has 0 aliphatic carbocycles. The van der Waals surface area contributed by atoms with E-state index in [2.05, 4.69) is 191 Å². The van der Waals surface area contributed by atoms with E-state index in [0.717, 1.165) is 11.4 Å². The van der Waals surface area contributed by atoms with E-state index in [0.29, 0.717) is 0 Å². The molecule has 0 aliphatic heterocycles. The summed E-state index contributed by atoms with van der Waals surface area (Å²) in [6, 6.07) is 56.0. The number of hydrogen-bond donors (Lipinski definition) is 0. The van der Waals surface area contributed by atoms with Gasteiger partial charge in [0, 0.05) is 28.1 Å². The lowest BCUT2D eigenvalue weighted by Gasteiger charge is -2.32. The van der Waals surface area contributed by atoms with Gasteiger partial charge in [0.05, 0.1) is 5.69 Å². The molecule has 0 bridgehead atoms. The monoisotopic (exact) mass is 595 g/mol. The van der Waals surface area contributed by atoms with Crippen LogP contribution in [-0.2, 0) is 5.41 Å². The third-order valence-corrected chi connectivity index (χ3v) is 9.20. The van der Waals surface area contributed by atoms with Crippen molar-refractivity contribution >= 4 is 38.6 Å². The smallest absolute Gasteiger partial charge is 0.0618 e. The molecule has 7 rings (SSSR count). The first-order valence-electron chi connectivity index (χ1n) is 16.3. The van der Waals surface area contributed by atoms with Crippen LogP contribution in [0.3, 0.4) is 0 Å². The van der Waals surface area contributed by atoms with Crippen molar-refractivity contribution < 1.29 is 0 Å². The van der Waals surface area contributed by atoms with Crippen LogP contribution in [-0.4, -0.2) is 0 Å². The zero-order valence-corrected chi connectivity index (χ0v) is 27.5. The van der Waals surface area contributed by atoms with Crippen LogP contribution >= 0.6 is 0 Å². The first kappa shape index (κ1) is 29.6. The summed E-state index contributed by atoms with van der Waals surface area (Å²) in [6.45, 7) is 11.3. The SMILES string of the molecule is Cc1cccc(C(c2ccccc2)c2c3ccccc3c(N(c3ccccc3)c3cccc(C)c3)c3ccc(C(C)(C)C)cc23)c1. The molecule has 1 nitrogen and oxygen atoms in total. The molecule has 1 heteroatoms. The van der Waals surface area contributed by atoms with Gasteiger partial charge >= 0.3 is 0 Å². The van der Waals surface area contributed by atoms with E-state index in [1.165, 1.54) is 60.6 Å². The van der Waals surface area contributed by atoms with Gasteiger partial charge in [0.25, 0.3) is 0 Å². The minimum Gasteiger partial charge on any atom is -0.309 e. The van der Waals surface area contributed by atoms with Crippen molar-refractivity contribution in [3.63, 3.8) is 0 Å². The predicted octanol–water partition coefficient (Wildman–Crippen LogP) is 12.6. The van der Waals surface area contributed by atoms with Gasteiger partial charge in [-0.2, -0.15) is 0 Å². The largest absolute Gasteiger partial charge is 0.309 e. The third kappa shape index (κ3) is 5.48. The number of hydrogen-bond acceptors (Lipinski definition) is 1. The molecule has 0 radical (unpaired) electrons. The summed E-state index contributed by atoms with van der Waals surface area (Å²) in [5.74, 6) is 0.0573. The van der Waals surface area contributed by atoms with Gasteiger partial charge in [-0.15, -0.1) is 0 Å². The highest BCUT2D eigenvalue weighted by Crippen LogP contribution is 2.49. The average molecular weight is 596 g/mol. The maximum atomic E-state index is 2.48. The highest BCUT2D eigenvalue weighted by atomic mass is 15.1. The van der Waals surface area contributed by atoms with E-state index in [-0.39, 0.29) is 11.3 Å². The molecule has 1 unspecified atom stereocenters. The van der Waals surface area contributed by atoms with Gasteiger partial charge in [0.15, 0.2) is 0 Å². The molecule has 1 atom stereocenters. The maximum Gasteiger partial charge on any atom is 0.0618 e. The van der Waals surface area contributed by atoms with Crippen LogP contribution in [0.1, 0.15) is 60.1 Å². The van der Waals surface area contributed by atoms with Crippen molar-refractivity contribution in [1.29, 1.82) is 0 Å². The summed E-state index contributed by atoms with van der Waals surface area (Å²) >= 11 is 0. The number of aryl methyl sites for hydroxylation is 2. The van der Waals surface area contributed by atoms with Gasteiger partial charge in [-0.05, 0) is 82.1 Å². The topological polar surface area (TPSA) is 3.24 Å². The normalized spacial score (nSPS) is 12.4. The van der Waals surface area contributed by atoms with Crippen LogP contribution in [0.2, 0.25) is 0 Å². The molecule has 0 saturated carbocycles. The lowest BCUT2D eigenvalue weighted by Crippen LogP contribution is -2.15. The Bertz CT molecular complexity index is 2150. The molecule has 0 fully saturated rings. The number of anilines is 3. The fourth-order valence-electron chi connectivity index (χ4n) is 6.98. The Morgan fingerprint density at radius 2 is 1.02 bits per heavy atom. The van der Waals surface area contributed by atoms with Gasteiger partial charge in [0.1, 0.15) is 0 Å².